The van der Waals surface area contributed by atoms with E-state index in [0.717, 1.165) is 11.3 Å². The molecular weight excluding hydrogens is 245 g/mol. The van der Waals surface area contributed by atoms with Gasteiger partial charge in [0.2, 0.25) is 0 Å². The van der Waals surface area contributed by atoms with Gasteiger partial charge in [0.25, 0.3) is 0 Å². The molecule has 0 radical (unpaired) electrons. The Morgan fingerprint density at radius 1 is 1.32 bits per heavy atom. The maximum atomic E-state index is 13.5. The van der Waals surface area contributed by atoms with Crippen LogP contribution in [-0.2, 0) is 6.54 Å². The van der Waals surface area contributed by atoms with Gasteiger partial charge >= 0.3 is 0 Å². The molecule has 1 aromatic carbocycles. The molecule has 3 N–H and O–H groups in total. The molecule has 0 amide bonds. The van der Waals surface area contributed by atoms with Crippen LogP contribution in [-0.4, -0.2) is 12.1 Å². The van der Waals surface area contributed by atoms with Crippen molar-refractivity contribution in [3.8, 4) is 5.75 Å². The maximum absolute atomic E-state index is 13.5. The molecule has 100 valence electrons. The predicted molar refractivity (Wildman–Crippen MR) is 73.7 cm³/mol. The molecular formula is C14H16FN3O. The first kappa shape index (κ1) is 13.1. The summed E-state index contributed by atoms with van der Waals surface area (Å²) in [6, 6.07) is 8.44. The smallest absolute Gasteiger partial charge is 0.165 e. The van der Waals surface area contributed by atoms with Crippen LogP contribution in [0.1, 0.15) is 11.3 Å². The summed E-state index contributed by atoms with van der Waals surface area (Å²) in [5, 5.41) is 3.12. The molecule has 2 rings (SSSR count). The Morgan fingerprint density at radius 3 is 2.74 bits per heavy atom. The Balaban J connectivity index is 2.05. The molecule has 5 heteroatoms. The number of hydrogen-bond acceptors (Lipinski definition) is 4. The van der Waals surface area contributed by atoms with Crippen LogP contribution in [0.15, 0.2) is 30.3 Å². The van der Waals surface area contributed by atoms with Crippen molar-refractivity contribution in [3.05, 3.63) is 47.4 Å². The van der Waals surface area contributed by atoms with Gasteiger partial charge in [-0.1, -0.05) is 6.07 Å². The van der Waals surface area contributed by atoms with Gasteiger partial charge in [0.15, 0.2) is 11.6 Å². The number of nitrogens with two attached hydrogens (primary N) is 1. The third kappa shape index (κ3) is 3.13. The zero-order valence-corrected chi connectivity index (χ0v) is 10.9. The van der Waals surface area contributed by atoms with E-state index in [1.54, 1.807) is 24.3 Å². The van der Waals surface area contributed by atoms with E-state index in [2.05, 4.69) is 10.3 Å². The average molecular weight is 261 g/mol. The zero-order valence-electron chi connectivity index (χ0n) is 10.9. The third-order valence-electron chi connectivity index (χ3n) is 2.82. The lowest BCUT2D eigenvalue weighted by Gasteiger charge is -2.09. The van der Waals surface area contributed by atoms with Crippen molar-refractivity contribution in [1.82, 2.24) is 4.98 Å². The standard InChI is InChI=1S/C14H16FN3O/c1-9-12(16)4-6-14(18-9)17-8-10-3-5-13(19-2)11(15)7-10/h3-7H,8,16H2,1-2H3,(H,17,18). The number of hydrogen-bond donors (Lipinski definition) is 2. The van der Waals surface area contributed by atoms with Gasteiger partial charge in [-0.25, -0.2) is 9.37 Å². The third-order valence-corrected chi connectivity index (χ3v) is 2.82. The van der Waals surface area contributed by atoms with Gasteiger partial charge in [-0.05, 0) is 36.8 Å². The highest BCUT2D eigenvalue weighted by Crippen LogP contribution is 2.18. The van der Waals surface area contributed by atoms with Gasteiger partial charge in [-0.15, -0.1) is 0 Å². The Morgan fingerprint density at radius 2 is 2.11 bits per heavy atom. The largest absolute Gasteiger partial charge is 0.494 e. The lowest BCUT2D eigenvalue weighted by Crippen LogP contribution is -2.04. The first-order chi connectivity index (χ1) is 9.10. The normalized spacial score (nSPS) is 10.3. The number of benzene rings is 1. The fourth-order valence-electron chi connectivity index (χ4n) is 1.68. The summed E-state index contributed by atoms with van der Waals surface area (Å²) in [5.74, 6) is 0.580. The molecule has 0 aliphatic heterocycles. The minimum Gasteiger partial charge on any atom is -0.494 e. The quantitative estimate of drug-likeness (QED) is 0.888. The number of pyridine rings is 1. The van der Waals surface area contributed by atoms with Crippen molar-refractivity contribution in [2.75, 3.05) is 18.2 Å². The van der Waals surface area contributed by atoms with Crippen LogP contribution in [0.25, 0.3) is 0 Å². The molecule has 0 spiro atoms. The Labute approximate surface area is 111 Å². The van der Waals surface area contributed by atoms with Crippen LogP contribution < -0.4 is 15.8 Å². The summed E-state index contributed by atoms with van der Waals surface area (Å²) < 4.78 is 18.4. The summed E-state index contributed by atoms with van der Waals surface area (Å²) >= 11 is 0. The lowest BCUT2D eigenvalue weighted by molar-refractivity contribution is 0.386. The fraction of sp³-hybridized carbons (Fsp3) is 0.214. The van der Waals surface area contributed by atoms with E-state index < -0.39 is 0 Å². The number of aryl methyl sites for hydroxylation is 1. The van der Waals surface area contributed by atoms with E-state index in [1.165, 1.54) is 13.2 Å². The number of aromatic nitrogens is 1. The predicted octanol–water partition coefficient (Wildman–Crippen LogP) is 2.73. The highest BCUT2D eigenvalue weighted by atomic mass is 19.1. The van der Waals surface area contributed by atoms with Gasteiger partial charge in [-0.2, -0.15) is 0 Å². The summed E-state index contributed by atoms with van der Waals surface area (Å²) in [6.45, 7) is 2.32. The van der Waals surface area contributed by atoms with Gasteiger partial charge in [-0.3, -0.25) is 0 Å². The second kappa shape index (κ2) is 5.56. The number of ether oxygens (including phenoxy) is 1. The van der Waals surface area contributed by atoms with E-state index in [-0.39, 0.29) is 11.6 Å². The minimum atomic E-state index is -0.372. The van der Waals surface area contributed by atoms with Crippen molar-refractivity contribution >= 4 is 11.5 Å². The Kier molecular flexibility index (Phi) is 3.85. The van der Waals surface area contributed by atoms with E-state index >= 15 is 0 Å². The zero-order chi connectivity index (χ0) is 13.8. The molecule has 0 saturated carbocycles. The second-order valence-corrected chi connectivity index (χ2v) is 4.19. The topological polar surface area (TPSA) is 60.2 Å². The van der Waals surface area contributed by atoms with Crippen LogP contribution in [0.2, 0.25) is 0 Å². The molecule has 0 fully saturated rings. The summed E-state index contributed by atoms with van der Waals surface area (Å²) in [5.41, 5.74) is 7.93. The molecule has 1 aromatic heterocycles. The molecule has 0 aliphatic rings. The summed E-state index contributed by atoms with van der Waals surface area (Å²) in [4.78, 5) is 4.29. The lowest BCUT2D eigenvalue weighted by atomic mass is 10.2. The molecule has 0 saturated heterocycles. The molecule has 4 nitrogen and oxygen atoms in total. The molecule has 2 aromatic rings. The van der Waals surface area contributed by atoms with Crippen LogP contribution in [0.5, 0.6) is 5.75 Å². The molecule has 19 heavy (non-hydrogen) atoms. The molecule has 0 unspecified atom stereocenters. The number of nitrogens with zero attached hydrogens (tertiary/aromatic N) is 1. The highest BCUT2D eigenvalue weighted by molar-refractivity contribution is 5.49. The van der Waals surface area contributed by atoms with Crippen molar-refractivity contribution in [3.63, 3.8) is 0 Å². The van der Waals surface area contributed by atoms with Crippen LogP contribution in [0.4, 0.5) is 15.9 Å². The molecule has 1 heterocycles. The maximum Gasteiger partial charge on any atom is 0.165 e. The Bertz CT molecular complexity index is 587. The Hall–Kier alpha value is -2.30. The number of rotatable bonds is 4. The van der Waals surface area contributed by atoms with Crippen molar-refractivity contribution in [1.29, 1.82) is 0 Å². The van der Waals surface area contributed by atoms with Crippen molar-refractivity contribution < 1.29 is 9.13 Å². The highest BCUT2D eigenvalue weighted by Gasteiger charge is 2.04. The van der Waals surface area contributed by atoms with E-state index in [4.69, 9.17) is 10.5 Å². The van der Waals surface area contributed by atoms with Crippen LogP contribution in [0, 0.1) is 12.7 Å². The number of nitrogens with one attached hydrogen (secondary N) is 1. The molecule has 0 aliphatic carbocycles. The first-order valence-electron chi connectivity index (χ1n) is 5.89. The molecule has 0 atom stereocenters. The van der Waals surface area contributed by atoms with Crippen molar-refractivity contribution in [2.45, 2.75) is 13.5 Å². The van der Waals surface area contributed by atoms with Gasteiger partial charge in [0.05, 0.1) is 18.5 Å². The second-order valence-electron chi connectivity index (χ2n) is 4.19. The number of halogens is 1. The van der Waals surface area contributed by atoms with E-state index in [0.29, 0.717) is 18.1 Å². The SMILES string of the molecule is COc1ccc(CNc2ccc(N)c(C)n2)cc1F. The van der Waals surface area contributed by atoms with Crippen molar-refractivity contribution in [2.24, 2.45) is 0 Å². The van der Waals surface area contributed by atoms with E-state index in [9.17, 15) is 4.39 Å². The average Bonchev–Trinajstić information content (AvgIpc) is 2.40. The number of anilines is 2. The van der Waals surface area contributed by atoms with Gasteiger partial charge < -0.3 is 15.8 Å². The van der Waals surface area contributed by atoms with Gasteiger partial charge in [0, 0.05) is 6.54 Å². The summed E-state index contributed by atoms with van der Waals surface area (Å²) in [7, 11) is 1.44. The first-order valence-corrected chi connectivity index (χ1v) is 5.89. The number of nitrogen functional groups attached to an aromatic ring is 1. The van der Waals surface area contributed by atoms with Gasteiger partial charge in [0.1, 0.15) is 5.82 Å². The number of methoxy groups -OCH3 is 1. The molecule has 0 bridgehead atoms. The van der Waals surface area contributed by atoms with E-state index in [1.807, 2.05) is 6.92 Å². The van der Waals surface area contributed by atoms with Crippen LogP contribution in [0.3, 0.4) is 0 Å². The fourth-order valence-corrected chi connectivity index (χ4v) is 1.68. The monoisotopic (exact) mass is 261 g/mol. The minimum absolute atomic E-state index is 0.241. The summed E-state index contributed by atoms with van der Waals surface area (Å²) in [6.07, 6.45) is 0. The van der Waals surface area contributed by atoms with Crippen LogP contribution >= 0.6 is 0 Å².